The molecule has 2 N–H and O–H groups in total. The van der Waals surface area contributed by atoms with E-state index >= 15 is 0 Å². The maximum absolute atomic E-state index is 12.7. The first-order chi connectivity index (χ1) is 14.8. The molecule has 2 aliphatic rings. The van der Waals surface area contributed by atoms with E-state index in [1.54, 1.807) is 24.3 Å². The summed E-state index contributed by atoms with van der Waals surface area (Å²) < 4.78 is 32.0. The van der Waals surface area contributed by atoms with Crippen LogP contribution in [0.15, 0.2) is 35.2 Å². The summed E-state index contributed by atoms with van der Waals surface area (Å²) in [6, 6.07) is 8.35. The highest BCUT2D eigenvalue weighted by molar-refractivity contribution is 7.89. The Balaban J connectivity index is 1.35. The van der Waals surface area contributed by atoms with Gasteiger partial charge >= 0.3 is 0 Å². The molecule has 2 heterocycles. The van der Waals surface area contributed by atoms with E-state index in [-0.39, 0.29) is 29.2 Å². The third-order valence-electron chi connectivity index (χ3n) is 5.30. The lowest BCUT2D eigenvalue weighted by molar-refractivity contribution is -0.117. The van der Waals surface area contributed by atoms with Gasteiger partial charge in [-0.1, -0.05) is 12.1 Å². The quantitative estimate of drug-likeness (QED) is 0.656. The van der Waals surface area contributed by atoms with Gasteiger partial charge in [0.05, 0.1) is 28.0 Å². The van der Waals surface area contributed by atoms with Gasteiger partial charge in [-0.3, -0.25) is 9.59 Å². The van der Waals surface area contributed by atoms with Crippen LogP contribution in [-0.2, 0) is 26.1 Å². The highest BCUT2D eigenvalue weighted by Gasteiger charge is 2.30. The first-order valence-electron chi connectivity index (χ1n) is 10.2. The van der Waals surface area contributed by atoms with E-state index in [4.69, 9.17) is 4.74 Å². The number of rotatable bonds is 7. The number of aryl methyl sites for hydroxylation is 1. The maximum atomic E-state index is 12.7. The number of sulfonamides is 1. The Morgan fingerprint density at radius 2 is 1.84 bits per heavy atom. The zero-order valence-corrected chi connectivity index (χ0v) is 18.9. The summed E-state index contributed by atoms with van der Waals surface area (Å²) in [7, 11) is -3.53. The molecule has 1 aromatic heterocycles. The van der Waals surface area contributed by atoms with Gasteiger partial charge in [0.2, 0.25) is 15.9 Å². The molecule has 0 atom stereocenters. The largest absolute Gasteiger partial charge is 0.379 e. The van der Waals surface area contributed by atoms with Gasteiger partial charge in [0, 0.05) is 25.6 Å². The number of amides is 2. The Morgan fingerprint density at radius 1 is 1.16 bits per heavy atom. The number of carbonyl (C=O) groups is 2. The van der Waals surface area contributed by atoms with E-state index in [9.17, 15) is 18.0 Å². The number of nitrogens with zero attached hydrogens (tertiary/aromatic N) is 1. The number of benzene rings is 1. The molecule has 4 rings (SSSR count). The van der Waals surface area contributed by atoms with Crippen molar-refractivity contribution in [2.24, 2.45) is 5.92 Å². The van der Waals surface area contributed by atoms with Crippen molar-refractivity contribution in [3.05, 3.63) is 46.3 Å². The fourth-order valence-corrected chi connectivity index (χ4v) is 5.72. The van der Waals surface area contributed by atoms with E-state index < -0.39 is 10.0 Å². The number of hydrogen-bond donors (Lipinski definition) is 2. The van der Waals surface area contributed by atoms with E-state index in [0.29, 0.717) is 36.2 Å². The maximum Gasteiger partial charge on any atom is 0.261 e. The molecular formula is C21H25N3O5S2. The minimum Gasteiger partial charge on any atom is -0.379 e. The van der Waals surface area contributed by atoms with Crippen molar-refractivity contribution in [2.75, 3.05) is 31.6 Å². The smallest absolute Gasteiger partial charge is 0.261 e. The average Bonchev–Trinajstić information content (AvgIpc) is 3.56. The summed E-state index contributed by atoms with van der Waals surface area (Å²) in [4.78, 5) is 25.3. The molecule has 0 unspecified atom stereocenters. The Hall–Kier alpha value is -2.27. The number of hydrogen-bond acceptors (Lipinski definition) is 6. The van der Waals surface area contributed by atoms with Crippen molar-refractivity contribution >= 4 is 38.2 Å². The van der Waals surface area contributed by atoms with Crippen LogP contribution in [0.25, 0.3) is 0 Å². The van der Waals surface area contributed by atoms with Gasteiger partial charge in [-0.15, -0.1) is 11.3 Å². The molecule has 1 saturated heterocycles. The van der Waals surface area contributed by atoms with E-state index in [0.717, 1.165) is 24.0 Å². The van der Waals surface area contributed by atoms with Crippen molar-refractivity contribution < 1.29 is 22.7 Å². The van der Waals surface area contributed by atoms with Crippen LogP contribution < -0.4 is 10.6 Å². The molecule has 2 aromatic rings. The Morgan fingerprint density at radius 3 is 2.48 bits per heavy atom. The molecule has 166 valence electrons. The molecule has 1 aliphatic carbocycles. The summed E-state index contributed by atoms with van der Waals surface area (Å²) in [5.41, 5.74) is 1.60. The summed E-state index contributed by atoms with van der Waals surface area (Å²) in [6.07, 6.45) is 1.85. The molecule has 0 bridgehead atoms. The Kier molecular flexibility index (Phi) is 6.42. The highest BCUT2D eigenvalue weighted by atomic mass is 32.2. The first kappa shape index (κ1) is 21.9. The second-order valence-corrected chi connectivity index (χ2v) is 10.7. The van der Waals surface area contributed by atoms with E-state index in [2.05, 4.69) is 10.6 Å². The van der Waals surface area contributed by atoms with Crippen LogP contribution in [0.5, 0.6) is 0 Å². The van der Waals surface area contributed by atoms with Crippen LogP contribution in [0.3, 0.4) is 0 Å². The molecule has 31 heavy (non-hydrogen) atoms. The van der Waals surface area contributed by atoms with Crippen LogP contribution in [0.4, 0.5) is 5.00 Å². The number of carbonyl (C=O) groups excluding carboxylic acids is 2. The van der Waals surface area contributed by atoms with E-state index in [1.165, 1.54) is 15.6 Å². The van der Waals surface area contributed by atoms with Crippen molar-refractivity contribution in [1.82, 2.24) is 9.62 Å². The average molecular weight is 464 g/mol. The fraction of sp³-hybridized carbons (Fsp3) is 0.429. The number of anilines is 1. The molecule has 2 fully saturated rings. The second-order valence-electron chi connectivity index (χ2n) is 7.73. The van der Waals surface area contributed by atoms with Gasteiger partial charge in [-0.05, 0) is 49.1 Å². The molecule has 0 radical (unpaired) electrons. The standard InChI is InChI=1S/C21H25N3O5S2/c1-14-12-18(23-20(25)16-4-5-16)30-19(14)21(26)22-13-15-2-6-17(7-3-15)31(27,28)24-8-10-29-11-9-24/h2-3,6-7,12,16H,4-5,8-11,13H2,1H3,(H,22,26)(H,23,25). The van der Waals surface area contributed by atoms with Crippen LogP contribution in [0.1, 0.15) is 33.6 Å². The lowest BCUT2D eigenvalue weighted by atomic mass is 10.2. The van der Waals surface area contributed by atoms with Gasteiger partial charge in [-0.25, -0.2) is 8.42 Å². The second kappa shape index (κ2) is 9.07. The number of morpholine rings is 1. The zero-order chi connectivity index (χ0) is 22.0. The molecule has 8 nitrogen and oxygen atoms in total. The van der Waals surface area contributed by atoms with Gasteiger partial charge in [0.1, 0.15) is 0 Å². The van der Waals surface area contributed by atoms with Crippen molar-refractivity contribution in [3.63, 3.8) is 0 Å². The zero-order valence-electron chi connectivity index (χ0n) is 17.2. The molecule has 0 spiro atoms. The third-order valence-corrected chi connectivity index (χ3v) is 8.37. The Bertz CT molecular complexity index is 1070. The highest BCUT2D eigenvalue weighted by Crippen LogP contribution is 2.32. The number of nitrogens with one attached hydrogen (secondary N) is 2. The molecular weight excluding hydrogens is 438 g/mol. The molecule has 1 saturated carbocycles. The minimum absolute atomic E-state index is 0.0142. The summed E-state index contributed by atoms with van der Waals surface area (Å²) in [6.45, 7) is 3.61. The first-order valence-corrected chi connectivity index (χ1v) is 12.5. The minimum atomic E-state index is -3.53. The summed E-state index contributed by atoms with van der Waals surface area (Å²) in [5.74, 6) is -0.102. The summed E-state index contributed by atoms with van der Waals surface area (Å²) in [5, 5.41) is 6.41. The molecule has 2 amide bonds. The number of ether oxygens (including phenoxy) is 1. The van der Waals surface area contributed by atoms with Crippen LogP contribution in [0, 0.1) is 12.8 Å². The predicted molar refractivity (Wildman–Crippen MR) is 118 cm³/mol. The third kappa shape index (κ3) is 5.15. The van der Waals surface area contributed by atoms with Gasteiger partial charge in [-0.2, -0.15) is 4.31 Å². The fourth-order valence-electron chi connectivity index (χ4n) is 3.32. The normalized spacial score (nSPS) is 17.3. The van der Waals surface area contributed by atoms with Gasteiger partial charge < -0.3 is 15.4 Å². The molecule has 1 aromatic carbocycles. The Labute approximate surface area is 185 Å². The number of thiophene rings is 1. The van der Waals surface area contributed by atoms with Crippen LogP contribution in [0.2, 0.25) is 0 Å². The summed E-state index contributed by atoms with van der Waals surface area (Å²) >= 11 is 1.26. The van der Waals surface area contributed by atoms with Crippen LogP contribution in [-0.4, -0.2) is 50.8 Å². The van der Waals surface area contributed by atoms with Crippen LogP contribution >= 0.6 is 11.3 Å². The van der Waals surface area contributed by atoms with Gasteiger partial charge in [0.15, 0.2) is 0 Å². The van der Waals surface area contributed by atoms with Gasteiger partial charge in [0.25, 0.3) is 5.91 Å². The van der Waals surface area contributed by atoms with Crippen molar-refractivity contribution in [3.8, 4) is 0 Å². The molecule has 10 heteroatoms. The SMILES string of the molecule is Cc1cc(NC(=O)C2CC2)sc1C(=O)NCc1ccc(S(=O)(=O)N2CCOCC2)cc1. The lowest BCUT2D eigenvalue weighted by Crippen LogP contribution is -2.40. The molecule has 1 aliphatic heterocycles. The predicted octanol–water partition coefficient (Wildman–Crippen LogP) is 2.36. The van der Waals surface area contributed by atoms with E-state index in [1.807, 2.05) is 13.0 Å². The van der Waals surface area contributed by atoms with Crippen molar-refractivity contribution in [1.29, 1.82) is 0 Å². The monoisotopic (exact) mass is 463 g/mol. The topological polar surface area (TPSA) is 105 Å². The van der Waals surface area contributed by atoms with Crippen molar-refractivity contribution in [2.45, 2.75) is 31.2 Å². The lowest BCUT2D eigenvalue weighted by Gasteiger charge is -2.26.